The summed E-state index contributed by atoms with van der Waals surface area (Å²) in [6.45, 7) is 3.07. The van der Waals surface area contributed by atoms with Gasteiger partial charge in [0.25, 0.3) is 5.91 Å². The average molecular weight is 564 g/mol. The zero-order valence-electron chi connectivity index (χ0n) is 23.3. The van der Waals surface area contributed by atoms with Gasteiger partial charge in [-0.2, -0.15) is 0 Å². The second kappa shape index (κ2) is 12.9. The molecule has 11 heteroatoms. The summed E-state index contributed by atoms with van der Waals surface area (Å²) in [5, 5.41) is 8.84. The fraction of sp³-hybridized carbons (Fsp3) is 0.400. The molecule has 41 heavy (non-hydrogen) atoms. The Morgan fingerprint density at radius 2 is 1.78 bits per heavy atom. The molecule has 1 unspecified atom stereocenters. The minimum Gasteiger partial charge on any atom is -0.497 e. The molecule has 2 saturated heterocycles. The Kier molecular flexibility index (Phi) is 8.93. The third-order valence-corrected chi connectivity index (χ3v) is 7.44. The Labute approximate surface area is 238 Å². The summed E-state index contributed by atoms with van der Waals surface area (Å²) in [4.78, 5) is 31.9. The normalized spacial score (nSPS) is 16.9. The minimum atomic E-state index is -0.416. The molecule has 0 N–H and O–H groups in total. The molecule has 10 nitrogen and oxygen atoms in total. The second-order valence-electron chi connectivity index (χ2n) is 10.0. The molecule has 1 aromatic heterocycles. The van der Waals surface area contributed by atoms with Gasteiger partial charge in [-0.15, -0.1) is 10.2 Å². The van der Waals surface area contributed by atoms with E-state index in [0.29, 0.717) is 62.1 Å². The van der Waals surface area contributed by atoms with E-state index in [1.807, 2.05) is 24.3 Å². The van der Waals surface area contributed by atoms with E-state index in [-0.39, 0.29) is 24.5 Å². The second-order valence-corrected chi connectivity index (χ2v) is 10.0. The lowest BCUT2D eigenvalue weighted by molar-refractivity contribution is -0.132. The Hall–Kier alpha value is -4.25. The van der Waals surface area contributed by atoms with Gasteiger partial charge in [0.15, 0.2) is 5.82 Å². The lowest BCUT2D eigenvalue weighted by Gasteiger charge is -2.36. The number of methoxy groups -OCH3 is 2. The number of nitrogens with zero attached hydrogens (tertiary/aromatic N) is 5. The van der Waals surface area contributed by atoms with Crippen LogP contribution in [0.2, 0.25) is 0 Å². The molecule has 0 saturated carbocycles. The van der Waals surface area contributed by atoms with Gasteiger partial charge in [-0.1, -0.05) is 0 Å². The third-order valence-electron chi connectivity index (χ3n) is 7.44. The topological polar surface area (TPSA) is 97.3 Å². The molecule has 0 aliphatic carbocycles. The van der Waals surface area contributed by atoms with Gasteiger partial charge >= 0.3 is 0 Å². The van der Waals surface area contributed by atoms with Crippen LogP contribution in [0.1, 0.15) is 23.2 Å². The lowest BCUT2D eigenvalue weighted by atomic mass is 10.1. The molecule has 5 rings (SSSR count). The number of benzene rings is 2. The molecule has 2 aromatic carbocycles. The molecule has 216 valence electrons. The first-order valence-corrected chi connectivity index (χ1v) is 13.7. The number of carbonyl (C=O) groups excluding carboxylic acids is 2. The molecule has 2 amide bonds. The van der Waals surface area contributed by atoms with Crippen molar-refractivity contribution in [3.8, 4) is 22.8 Å². The monoisotopic (exact) mass is 563 g/mol. The predicted octanol–water partition coefficient (Wildman–Crippen LogP) is 3.27. The van der Waals surface area contributed by atoms with E-state index in [1.54, 1.807) is 25.2 Å². The van der Waals surface area contributed by atoms with E-state index in [4.69, 9.17) is 14.2 Å². The molecular formula is C30H34FN5O5. The quantitative estimate of drug-likeness (QED) is 0.392. The van der Waals surface area contributed by atoms with E-state index in [2.05, 4.69) is 15.1 Å². The maximum Gasteiger partial charge on any atom is 0.254 e. The van der Waals surface area contributed by atoms with Crippen LogP contribution >= 0.6 is 0 Å². The smallest absolute Gasteiger partial charge is 0.254 e. The van der Waals surface area contributed by atoms with Crippen LogP contribution in [0.25, 0.3) is 11.3 Å². The Morgan fingerprint density at radius 1 is 1.00 bits per heavy atom. The van der Waals surface area contributed by atoms with E-state index in [1.165, 1.54) is 29.2 Å². The van der Waals surface area contributed by atoms with Crippen LogP contribution in [-0.2, 0) is 9.53 Å². The highest BCUT2D eigenvalue weighted by Gasteiger charge is 2.29. The number of carbonyl (C=O) groups is 2. The van der Waals surface area contributed by atoms with Crippen molar-refractivity contribution in [2.45, 2.75) is 18.9 Å². The molecule has 0 radical (unpaired) electrons. The van der Waals surface area contributed by atoms with Gasteiger partial charge in [-0.3, -0.25) is 9.59 Å². The number of hydrogen-bond donors (Lipinski definition) is 0. The molecule has 2 fully saturated rings. The molecule has 3 aromatic rings. The summed E-state index contributed by atoms with van der Waals surface area (Å²) in [6, 6.07) is 14.7. The Morgan fingerprint density at radius 3 is 2.41 bits per heavy atom. The zero-order valence-corrected chi connectivity index (χ0v) is 23.3. The number of hydrogen-bond acceptors (Lipinski definition) is 8. The number of rotatable bonds is 9. The molecule has 0 bridgehead atoms. The van der Waals surface area contributed by atoms with E-state index < -0.39 is 5.82 Å². The highest BCUT2D eigenvalue weighted by molar-refractivity contribution is 5.96. The fourth-order valence-electron chi connectivity index (χ4n) is 5.12. The van der Waals surface area contributed by atoms with Gasteiger partial charge < -0.3 is 28.9 Å². The SMILES string of the molecule is COc1ccc(-c2ccc(N3CCN(C(=O)CN(CC4CCCO4)C(=O)c4ccc(F)cc4)CC3)nn2)c(OC)c1. The van der Waals surface area contributed by atoms with Crippen molar-refractivity contribution in [3.05, 3.63) is 66.0 Å². The number of ether oxygens (including phenoxy) is 3. The fourth-order valence-corrected chi connectivity index (χ4v) is 5.12. The predicted molar refractivity (Wildman–Crippen MR) is 151 cm³/mol. The molecule has 1 atom stereocenters. The van der Waals surface area contributed by atoms with Gasteiger partial charge in [0.1, 0.15) is 23.9 Å². The van der Waals surface area contributed by atoms with Crippen molar-refractivity contribution in [3.63, 3.8) is 0 Å². The third kappa shape index (κ3) is 6.74. The van der Waals surface area contributed by atoms with Gasteiger partial charge in [0, 0.05) is 56.5 Å². The highest BCUT2D eigenvalue weighted by atomic mass is 19.1. The molecular weight excluding hydrogens is 529 g/mol. The first-order chi connectivity index (χ1) is 19.9. The Balaban J connectivity index is 1.20. The zero-order chi connectivity index (χ0) is 28.8. The maximum absolute atomic E-state index is 13.4. The summed E-state index contributed by atoms with van der Waals surface area (Å²) < 4.78 is 29.9. The van der Waals surface area contributed by atoms with Crippen molar-refractivity contribution in [2.24, 2.45) is 0 Å². The number of piperazine rings is 1. The summed E-state index contributed by atoms with van der Waals surface area (Å²) in [5.41, 5.74) is 1.83. The van der Waals surface area contributed by atoms with Gasteiger partial charge in [0.2, 0.25) is 5.91 Å². The van der Waals surface area contributed by atoms with Crippen molar-refractivity contribution < 1.29 is 28.2 Å². The van der Waals surface area contributed by atoms with Gasteiger partial charge in [-0.05, 0) is 61.4 Å². The molecule has 2 aliphatic heterocycles. The van der Waals surface area contributed by atoms with Crippen LogP contribution in [0.15, 0.2) is 54.6 Å². The summed E-state index contributed by atoms with van der Waals surface area (Å²) in [7, 11) is 3.20. The van der Waals surface area contributed by atoms with Crippen molar-refractivity contribution in [1.82, 2.24) is 20.0 Å². The molecule has 2 aliphatic rings. The summed E-state index contributed by atoms with van der Waals surface area (Å²) in [6.07, 6.45) is 1.66. The minimum absolute atomic E-state index is 0.0612. The first kappa shape index (κ1) is 28.3. The molecule has 3 heterocycles. The van der Waals surface area contributed by atoms with Crippen LogP contribution in [0.3, 0.4) is 0 Å². The number of anilines is 1. The van der Waals surface area contributed by atoms with Crippen LogP contribution in [0.5, 0.6) is 11.5 Å². The average Bonchev–Trinajstić information content (AvgIpc) is 3.54. The Bertz CT molecular complexity index is 1340. The van der Waals surface area contributed by atoms with Crippen molar-refractivity contribution >= 4 is 17.6 Å². The van der Waals surface area contributed by atoms with Crippen molar-refractivity contribution in [1.29, 1.82) is 0 Å². The van der Waals surface area contributed by atoms with Crippen molar-refractivity contribution in [2.75, 3.05) is 65.0 Å². The van der Waals surface area contributed by atoms with Crippen LogP contribution in [0.4, 0.5) is 10.2 Å². The van der Waals surface area contributed by atoms with E-state index >= 15 is 0 Å². The standard InChI is InChI=1S/C30H34FN5O5/c1-39-23-9-10-25(27(18-23)40-2)26-11-12-28(33-32-26)34-13-15-35(16-14-34)29(37)20-36(19-24-4-3-17-41-24)30(38)21-5-7-22(31)8-6-21/h5-12,18,24H,3-4,13-17,19-20H2,1-2H3. The van der Waals surface area contributed by atoms with E-state index in [0.717, 1.165) is 24.2 Å². The first-order valence-electron chi connectivity index (χ1n) is 13.7. The summed E-state index contributed by atoms with van der Waals surface area (Å²) in [5.74, 6) is 1.20. The largest absolute Gasteiger partial charge is 0.497 e. The summed E-state index contributed by atoms with van der Waals surface area (Å²) >= 11 is 0. The van der Waals surface area contributed by atoms with Gasteiger partial charge in [-0.25, -0.2) is 4.39 Å². The van der Waals surface area contributed by atoms with Gasteiger partial charge in [0.05, 0.1) is 26.0 Å². The number of halogens is 1. The molecule has 0 spiro atoms. The van der Waals surface area contributed by atoms with Crippen LogP contribution in [-0.4, -0.2) is 98.0 Å². The van der Waals surface area contributed by atoms with Crippen LogP contribution in [0, 0.1) is 5.82 Å². The number of amides is 2. The number of aromatic nitrogens is 2. The maximum atomic E-state index is 13.4. The lowest BCUT2D eigenvalue weighted by Crippen LogP contribution is -2.52. The van der Waals surface area contributed by atoms with E-state index in [9.17, 15) is 14.0 Å². The highest BCUT2D eigenvalue weighted by Crippen LogP contribution is 2.32. The van der Waals surface area contributed by atoms with Crippen LogP contribution < -0.4 is 14.4 Å².